The number of halogens is 1. The summed E-state index contributed by atoms with van der Waals surface area (Å²) in [4.78, 5) is 4.25. The van der Waals surface area contributed by atoms with Crippen LogP contribution < -0.4 is 11.1 Å². The standard InChI is InChI=1S/C10H9FN4S2/c1-5-13-10(17-15-5)14-8-3-2-6(9(12)16)4-7(8)11/h2-4H,1H3,(H2,12,16)(H,13,14,15). The summed E-state index contributed by atoms with van der Waals surface area (Å²) in [6, 6.07) is 4.51. The van der Waals surface area contributed by atoms with E-state index < -0.39 is 5.82 Å². The Hall–Kier alpha value is -1.60. The minimum atomic E-state index is -0.428. The minimum Gasteiger partial charge on any atom is -0.389 e. The molecular formula is C10H9FN4S2. The molecule has 0 fully saturated rings. The SMILES string of the molecule is Cc1nsc(Nc2ccc(C(N)=S)cc2F)n1. The van der Waals surface area contributed by atoms with Gasteiger partial charge >= 0.3 is 0 Å². The van der Waals surface area contributed by atoms with E-state index >= 15 is 0 Å². The number of aromatic nitrogens is 2. The molecule has 0 aliphatic rings. The van der Waals surface area contributed by atoms with Gasteiger partial charge in [0.2, 0.25) is 5.13 Å². The van der Waals surface area contributed by atoms with Crippen molar-refractivity contribution in [3.05, 3.63) is 35.4 Å². The highest BCUT2D eigenvalue weighted by Crippen LogP contribution is 2.22. The molecule has 0 aliphatic heterocycles. The van der Waals surface area contributed by atoms with Gasteiger partial charge in [-0.15, -0.1) is 0 Å². The van der Waals surface area contributed by atoms with Gasteiger partial charge in [0.1, 0.15) is 16.6 Å². The number of nitrogens with one attached hydrogen (secondary N) is 1. The van der Waals surface area contributed by atoms with Crippen molar-refractivity contribution in [3.63, 3.8) is 0 Å². The molecule has 1 aromatic carbocycles. The van der Waals surface area contributed by atoms with Crippen molar-refractivity contribution in [1.82, 2.24) is 9.36 Å². The lowest BCUT2D eigenvalue weighted by Gasteiger charge is -2.05. The van der Waals surface area contributed by atoms with Crippen LogP contribution in [0.4, 0.5) is 15.2 Å². The molecule has 0 aliphatic carbocycles. The van der Waals surface area contributed by atoms with Crippen LogP contribution in [0, 0.1) is 12.7 Å². The molecule has 4 nitrogen and oxygen atoms in total. The second-order valence-corrected chi connectivity index (χ2v) is 4.52. The Bertz CT molecular complexity index is 567. The molecule has 1 aromatic heterocycles. The third-order valence-corrected chi connectivity index (χ3v) is 2.98. The maximum absolute atomic E-state index is 13.7. The number of thiocarbonyl (C=S) groups is 1. The van der Waals surface area contributed by atoms with Gasteiger partial charge in [-0.1, -0.05) is 12.2 Å². The van der Waals surface area contributed by atoms with E-state index in [0.717, 1.165) is 0 Å². The first-order valence-electron chi connectivity index (χ1n) is 4.73. The van der Waals surface area contributed by atoms with Crippen molar-refractivity contribution >= 4 is 39.6 Å². The molecule has 0 saturated carbocycles. The van der Waals surface area contributed by atoms with Gasteiger partial charge in [-0.05, 0) is 25.1 Å². The number of benzene rings is 1. The normalized spacial score (nSPS) is 10.2. The fraction of sp³-hybridized carbons (Fsp3) is 0.100. The molecule has 2 rings (SSSR count). The van der Waals surface area contributed by atoms with E-state index in [2.05, 4.69) is 14.7 Å². The number of rotatable bonds is 3. The summed E-state index contributed by atoms with van der Waals surface area (Å²) in [7, 11) is 0. The summed E-state index contributed by atoms with van der Waals surface area (Å²) in [5.74, 6) is 0.223. The Morgan fingerprint density at radius 2 is 2.29 bits per heavy atom. The second-order valence-electron chi connectivity index (χ2n) is 3.33. The lowest BCUT2D eigenvalue weighted by atomic mass is 10.2. The van der Waals surface area contributed by atoms with Crippen LogP contribution in [0.5, 0.6) is 0 Å². The van der Waals surface area contributed by atoms with Gasteiger partial charge in [0, 0.05) is 17.1 Å². The Balaban J connectivity index is 2.25. The van der Waals surface area contributed by atoms with Crippen molar-refractivity contribution in [2.24, 2.45) is 5.73 Å². The second kappa shape index (κ2) is 4.72. The van der Waals surface area contributed by atoms with Crippen molar-refractivity contribution < 1.29 is 4.39 Å². The first-order chi connectivity index (χ1) is 8.06. The summed E-state index contributed by atoms with van der Waals surface area (Å²) >= 11 is 5.94. The van der Waals surface area contributed by atoms with Crippen molar-refractivity contribution in [2.45, 2.75) is 6.92 Å². The highest BCUT2D eigenvalue weighted by atomic mass is 32.1. The molecule has 0 radical (unpaired) electrons. The predicted octanol–water partition coefficient (Wildman–Crippen LogP) is 2.36. The van der Waals surface area contributed by atoms with Crippen LogP contribution in [0.2, 0.25) is 0 Å². The van der Waals surface area contributed by atoms with Crippen LogP contribution >= 0.6 is 23.8 Å². The molecule has 0 atom stereocenters. The molecule has 0 unspecified atom stereocenters. The van der Waals surface area contributed by atoms with E-state index in [4.69, 9.17) is 18.0 Å². The molecule has 0 bridgehead atoms. The van der Waals surface area contributed by atoms with Gasteiger partial charge in [0.05, 0.1) is 5.69 Å². The van der Waals surface area contributed by atoms with Gasteiger partial charge in [0.25, 0.3) is 0 Å². The molecule has 2 aromatic rings. The number of nitrogens with zero attached hydrogens (tertiary/aromatic N) is 2. The summed E-state index contributed by atoms with van der Waals surface area (Å²) in [6.45, 7) is 1.77. The largest absolute Gasteiger partial charge is 0.389 e. The average molecular weight is 268 g/mol. The van der Waals surface area contributed by atoms with Gasteiger partial charge < -0.3 is 11.1 Å². The van der Waals surface area contributed by atoms with E-state index in [1.54, 1.807) is 19.1 Å². The first kappa shape index (κ1) is 11.9. The third kappa shape index (κ3) is 2.75. The summed E-state index contributed by atoms with van der Waals surface area (Å²) in [5.41, 5.74) is 6.23. The van der Waals surface area contributed by atoms with Crippen LogP contribution in [-0.2, 0) is 0 Å². The molecule has 0 spiro atoms. The number of aryl methyl sites for hydroxylation is 1. The van der Waals surface area contributed by atoms with E-state index in [1.165, 1.54) is 17.6 Å². The van der Waals surface area contributed by atoms with Crippen LogP contribution in [-0.4, -0.2) is 14.3 Å². The Labute approximate surface area is 107 Å². The van der Waals surface area contributed by atoms with Gasteiger partial charge in [-0.2, -0.15) is 4.37 Å². The minimum absolute atomic E-state index is 0.169. The van der Waals surface area contributed by atoms with Gasteiger partial charge in [0.15, 0.2) is 0 Å². The lowest BCUT2D eigenvalue weighted by Crippen LogP contribution is -2.09. The van der Waals surface area contributed by atoms with Crippen LogP contribution in [0.15, 0.2) is 18.2 Å². The molecule has 1 heterocycles. The summed E-state index contributed by atoms with van der Waals surface area (Å²) in [5, 5.41) is 3.39. The molecule has 0 saturated heterocycles. The lowest BCUT2D eigenvalue weighted by molar-refractivity contribution is 0.631. The zero-order valence-electron chi connectivity index (χ0n) is 8.90. The van der Waals surface area contributed by atoms with E-state index in [1.807, 2.05) is 0 Å². The monoisotopic (exact) mass is 268 g/mol. The maximum atomic E-state index is 13.7. The molecular weight excluding hydrogens is 259 g/mol. The predicted molar refractivity (Wildman–Crippen MR) is 70.2 cm³/mol. The fourth-order valence-corrected chi connectivity index (χ4v) is 1.95. The number of anilines is 2. The maximum Gasteiger partial charge on any atom is 0.207 e. The van der Waals surface area contributed by atoms with Crippen LogP contribution in [0.1, 0.15) is 11.4 Å². The number of nitrogens with two attached hydrogens (primary N) is 1. The van der Waals surface area contributed by atoms with Gasteiger partial charge in [-0.3, -0.25) is 0 Å². The third-order valence-electron chi connectivity index (χ3n) is 2.02. The van der Waals surface area contributed by atoms with Crippen molar-refractivity contribution in [1.29, 1.82) is 0 Å². The highest BCUT2D eigenvalue weighted by Gasteiger charge is 2.07. The molecule has 0 amide bonds. The van der Waals surface area contributed by atoms with E-state index in [0.29, 0.717) is 22.2 Å². The summed E-state index contributed by atoms with van der Waals surface area (Å²) < 4.78 is 17.7. The quantitative estimate of drug-likeness (QED) is 0.837. The molecule has 3 N–H and O–H groups in total. The summed E-state index contributed by atoms with van der Waals surface area (Å²) in [6.07, 6.45) is 0. The molecule has 7 heteroatoms. The van der Waals surface area contributed by atoms with E-state index in [-0.39, 0.29) is 4.99 Å². The topological polar surface area (TPSA) is 63.8 Å². The highest BCUT2D eigenvalue weighted by molar-refractivity contribution is 7.80. The van der Waals surface area contributed by atoms with Crippen molar-refractivity contribution in [3.8, 4) is 0 Å². The number of hydrogen-bond acceptors (Lipinski definition) is 5. The molecule has 88 valence electrons. The Kier molecular flexibility index (Phi) is 3.30. The zero-order chi connectivity index (χ0) is 12.4. The smallest absolute Gasteiger partial charge is 0.207 e. The van der Waals surface area contributed by atoms with Crippen LogP contribution in [0.3, 0.4) is 0 Å². The first-order valence-corrected chi connectivity index (χ1v) is 5.91. The van der Waals surface area contributed by atoms with Crippen LogP contribution in [0.25, 0.3) is 0 Å². The molecule has 17 heavy (non-hydrogen) atoms. The average Bonchev–Trinajstić information content (AvgIpc) is 2.67. The number of hydrogen-bond donors (Lipinski definition) is 2. The zero-order valence-corrected chi connectivity index (χ0v) is 10.5. The van der Waals surface area contributed by atoms with Gasteiger partial charge in [-0.25, -0.2) is 9.37 Å². The Morgan fingerprint density at radius 1 is 1.53 bits per heavy atom. The van der Waals surface area contributed by atoms with Crippen molar-refractivity contribution in [2.75, 3.05) is 5.32 Å². The Morgan fingerprint density at radius 3 is 2.82 bits per heavy atom. The fourth-order valence-electron chi connectivity index (χ4n) is 1.23. The van der Waals surface area contributed by atoms with E-state index in [9.17, 15) is 4.39 Å².